The van der Waals surface area contributed by atoms with Crippen LogP contribution in [-0.4, -0.2) is 49.8 Å². The van der Waals surface area contributed by atoms with Gasteiger partial charge in [-0.1, -0.05) is 0 Å². The molecule has 0 spiro atoms. The first-order valence-corrected chi connectivity index (χ1v) is 7.22. The highest BCUT2D eigenvalue weighted by molar-refractivity contribution is 5.04. The lowest BCUT2D eigenvalue weighted by molar-refractivity contribution is 0.114. The van der Waals surface area contributed by atoms with Crippen LogP contribution in [-0.2, 0) is 4.74 Å². The molecule has 19 heavy (non-hydrogen) atoms. The van der Waals surface area contributed by atoms with Crippen LogP contribution in [0, 0.1) is 11.3 Å². The Morgan fingerprint density at radius 2 is 1.95 bits per heavy atom. The molecule has 4 heteroatoms. The van der Waals surface area contributed by atoms with E-state index in [9.17, 15) is 5.26 Å². The Balaban J connectivity index is 3.93. The Morgan fingerprint density at radius 3 is 2.42 bits per heavy atom. The Kier molecular flexibility index (Phi) is 8.99. The van der Waals surface area contributed by atoms with Crippen molar-refractivity contribution in [1.29, 1.82) is 5.26 Å². The van der Waals surface area contributed by atoms with Gasteiger partial charge in [-0.15, -0.1) is 0 Å². The Morgan fingerprint density at radius 1 is 1.32 bits per heavy atom. The van der Waals surface area contributed by atoms with Crippen LogP contribution in [0.3, 0.4) is 0 Å². The minimum atomic E-state index is -0.398. The molecule has 1 N–H and O–H groups in total. The summed E-state index contributed by atoms with van der Waals surface area (Å²) in [6.45, 7) is 10.1. The summed E-state index contributed by atoms with van der Waals surface area (Å²) < 4.78 is 5.15. The van der Waals surface area contributed by atoms with Crippen LogP contribution in [0.15, 0.2) is 0 Å². The van der Waals surface area contributed by atoms with E-state index in [-0.39, 0.29) is 0 Å². The summed E-state index contributed by atoms with van der Waals surface area (Å²) in [5, 5.41) is 12.6. The van der Waals surface area contributed by atoms with Crippen molar-refractivity contribution in [1.82, 2.24) is 10.2 Å². The van der Waals surface area contributed by atoms with Gasteiger partial charge in [-0.25, -0.2) is 0 Å². The van der Waals surface area contributed by atoms with Crippen LogP contribution in [0.4, 0.5) is 0 Å². The van der Waals surface area contributed by atoms with Crippen LogP contribution in [0.2, 0.25) is 0 Å². The van der Waals surface area contributed by atoms with E-state index in [2.05, 4.69) is 44.1 Å². The van der Waals surface area contributed by atoms with E-state index in [1.54, 1.807) is 7.11 Å². The zero-order chi connectivity index (χ0) is 14.9. The number of likely N-dealkylation sites (N-methyl/N-ethyl adjacent to an activating group) is 1. The van der Waals surface area contributed by atoms with E-state index >= 15 is 0 Å². The van der Waals surface area contributed by atoms with Crippen molar-refractivity contribution in [3.05, 3.63) is 0 Å². The van der Waals surface area contributed by atoms with Gasteiger partial charge in [0.2, 0.25) is 0 Å². The topological polar surface area (TPSA) is 48.3 Å². The fourth-order valence-corrected chi connectivity index (χ4v) is 2.23. The molecular weight excluding hydrogens is 238 g/mol. The molecule has 0 aromatic rings. The van der Waals surface area contributed by atoms with Gasteiger partial charge >= 0.3 is 0 Å². The maximum atomic E-state index is 9.26. The van der Waals surface area contributed by atoms with E-state index in [1.807, 2.05) is 6.92 Å². The molecule has 0 amide bonds. The van der Waals surface area contributed by atoms with Gasteiger partial charge in [0.25, 0.3) is 0 Å². The zero-order valence-electron chi connectivity index (χ0n) is 13.5. The third kappa shape index (κ3) is 8.20. The third-order valence-corrected chi connectivity index (χ3v) is 3.45. The number of nitrogens with one attached hydrogen (secondary N) is 1. The fraction of sp³-hybridized carbons (Fsp3) is 0.933. The normalized spacial score (nSPS) is 16.4. The minimum absolute atomic E-state index is 0.342. The molecule has 0 saturated heterocycles. The number of methoxy groups -OCH3 is 1. The first kappa shape index (κ1) is 18.4. The number of unbranched alkanes of at least 4 members (excludes halogenated alkanes) is 1. The average molecular weight is 269 g/mol. The summed E-state index contributed by atoms with van der Waals surface area (Å²) in [5.74, 6) is 0. The molecule has 0 saturated carbocycles. The summed E-state index contributed by atoms with van der Waals surface area (Å²) >= 11 is 0. The average Bonchev–Trinajstić information content (AvgIpc) is 2.33. The summed E-state index contributed by atoms with van der Waals surface area (Å²) in [6, 6.07) is 3.18. The molecule has 0 rings (SSSR count). The monoisotopic (exact) mass is 269 g/mol. The van der Waals surface area contributed by atoms with Gasteiger partial charge in [0.1, 0.15) is 5.54 Å². The summed E-state index contributed by atoms with van der Waals surface area (Å²) in [7, 11) is 3.86. The minimum Gasteiger partial charge on any atom is -0.383 e. The molecule has 0 heterocycles. The highest BCUT2D eigenvalue weighted by Crippen LogP contribution is 2.14. The lowest BCUT2D eigenvalue weighted by Gasteiger charge is -2.27. The second kappa shape index (κ2) is 9.30. The van der Waals surface area contributed by atoms with Crippen molar-refractivity contribution < 1.29 is 4.74 Å². The predicted octanol–water partition coefficient (Wildman–Crippen LogP) is 2.40. The fourth-order valence-electron chi connectivity index (χ4n) is 2.23. The number of hydrogen-bond acceptors (Lipinski definition) is 4. The summed E-state index contributed by atoms with van der Waals surface area (Å²) in [6.07, 6.45) is 3.07. The summed E-state index contributed by atoms with van der Waals surface area (Å²) in [4.78, 5) is 2.31. The second-order valence-corrected chi connectivity index (χ2v) is 5.99. The van der Waals surface area contributed by atoms with E-state index in [0.29, 0.717) is 12.1 Å². The molecule has 0 radical (unpaired) electrons. The Bertz CT molecular complexity index is 275. The van der Waals surface area contributed by atoms with Crippen LogP contribution in [0.1, 0.15) is 47.0 Å². The molecule has 2 unspecified atom stereocenters. The highest BCUT2D eigenvalue weighted by atomic mass is 16.5. The van der Waals surface area contributed by atoms with Crippen LogP contribution >= 0.6 is 0 Å². The van der Waals surface area contributed by atoms with Gasteiger partial charge in [0.05, 0.1) is 12.7 Å². The zero-order valence-corrected chi connectivity index (χ0v) is 13.5. The Labute approximate surface area is 119 Å². The van der Waals surface area contributed by atoms with E-state index < -0.39 is 5.54 Å². The first-order valence-electron chi connectivity index (χ1n) is 7.22. The quantitative estimate of drug-likeness (QED) is 0.619. The van der Waals surface area contributed by atoms with Gasteiger partial charge in [-0.3, -0.25) is 5.32 Å². The van der Waals surface area contributed by atoms with Gasteiger partial charge in [0, 0.05) is 19.2 Å². The maximum Gasteiger partial charge on any atom is 0.104 e. The molecule has 2 atom stereocenters. The van der Waals surface area contributed by atoms with Crippen LogP contribution in [0.5, 0.6) is 0 Å². The molecular formula is C15H31N3O. The SMILES string of the molecule is COCC(C)N(C)CCCCC(C)(C#N)NC(C)C. The largest absolute Gasteiger partial charge is 0.383 e. The number of rotatable bonds is 10. The molecule has 0 aliphatic rings. The molecule has 0 fully saturated rings. The van der Waals surface area contributed by atoms with Crippen molar-refractivity contribution in [2.24, 2.45) is 0 Å². The van der Waals surface area contributed by atoms with E-state index in [0.717, 1.165) is 32.4 Å². The Hall–Kier alpha value is -0.630. The lowest BCUT2D eigenvalue weighted by Crippen LogP contribution is -2.45. The van der Waals surface area contributed by atoms with Gasteiger partial charge in [-0.05, 0) is 60.5 Å². The highest BCUT2D eigenvalue weighted by Gasteiger charge is 2.23. The third-order valence-electron chi connectivity index (χ3n) is 3.45. The van der Waals surface area contributed by atoms with Crippen molar-refractivity contribution >= 4 is 0 Å². The van der Waals surface area contributed by atoms with Crippen LogP contribution in [0.25, 0.3) is 0 Å². The molecule has 0 aliphatic heterocycles. The predicted molar refractivity (Wildman–Crippen MR) is 80.1 cm³/mol. The number of hydrogen-bond donors (Lipinski definition) is 1. The van der Waals surface area contributed by atoms with Gasteiger partial charge < -0.3 is 9.64 Å². The molecule has 0 aromatic carbocycles. The standard InChI is InChI=1S/C15H31N3O/c1-13(2)17-15(4,12-16)9-7-8-10-18(5)14(3)11-19-6/h13-14,17H,7-11H2,1-6H3. The number of nitriles is 1. The molecule has 112 valence electrons. The molecule has 0 bridgehead atoms. The number of ether oxygens (including phenoxy) is 1. The maximum absolute atomic E-state index is 9.26. The number of nitrogens with zero attached hydrogens (tertiary/aromatic N) is 2. The van der Waals surface area contributed by atoms with Crippen molar-refractivity contribution in [2.75, 3.05) is 27.3 Å². The van der Waals surface area contributed by atoms with Crippen molar-refractivity contribution in [3.63, 3.8) is 0 Å². The molecule has 0 aromatic heterocycles. The molecule has 4 nitrogen and oxygen atoms in total. The first-order chi connectivity index (χ1) is 8.84. The second-order valence-electron chi connectivity index (χ2n) is 5.99. The smallest absolute Gasteiger partial charge is 0.104 e. The van der Waals surface area contributed by atoms with Gasteiger partial charge in [-0.2, -0.15) is 5.26 Å². The van der Waals surface area contributed by atoms with Crippen molar-refractivity contribution in [3.8, 4) is 6.07 Å². The van der Waals surface area contributed by atoms with Gasteiger partial charge in [0.15, 0.2) is 0 Å². The van der Waals surface area contributed by atoms with Crippen molar-refractivity contribution in [2.45, 2.75) is 64.6 Å². The molecule has 0 aliphatic carbocycles. The van der Waals surface area contributed by atoms with E-state index in [1.165, 1.54) is 0 Å². The van der Waals surface area contributed by atoms with Crippen LogP contribution < -0.4 is 5.32 Å². The summed E-state index contributed by atoms with van der Waals surface area (Å²) in [5.41, 5.74) is -0.398. The lowest BCUT2D eigenvalue weighted by atomic mass is 9.95. The van der Waals surface area contributed by atoms with E-state index in [4.69, 9.17) is 4.74 Å².